The quantitative estimate of drug-likeness (QED) is 0.434. The lowest BCUT2D eigenvalue weighted by Crippen LogP contribution is -2.41. The lowest BCUT2D eigenvalue weighted by atomic mass is 10.2. The van der Waals surface area contributed by atoms with Crippen molar-refractivity contribution in [1.29, 1.82) is 0 Å². The molecule has 3 aromatic rings. The number of aliphatic hydroxyl groups is 1. The van der Waals surface area contributed by atoms with E-state index in [0.29, 0.717) is 24.7 Å². The van der Waals surface area contributed by atoms with Crippen LogP contribution >= 0.6 is 0 Å². The van der Waals surface area contributed by atoms with Crippen molar-refractivity contribution in [1.82, 2.24) is 18.7 Å². The highest BCUT2D eigenvalue weighted by atomic mass is 16.5. The fourth-order valence-electron chi connectivity index (χ4n) is 4.50. The number of carbonyl (C=O) groups is 1. The molecule has 11 heteroatoms. The Labute approximate surface area is 201 Å². The van der Waals surface area contributed by atoms with E-state index in [1.54, 1.807) is 18.6 Å². The summed E-state index contributed by atoms with van der Waals surface area (Å²) >= 11 is 0. The van der Waals surface area contributed by atoms with Crippen molar-refractivity contribution >= 4 is 23.1 Å². The number of imidazole rings is 1. The van der Waals surface area contributed by atoms with Gasteiger partial charge in [-0.15, -0.1) is 0 Å². The molecule has 1 aliphatic rings. The molecule has 2 N–H and O–H groups in total. The van der Waals surface area contributed by atoms with Crippen molar-refractivity contribution in [3.8, 4) is 5.75 Å². The molecule has 1 aliphatic carbocycles. The average Bonchev–Trinajstić information content (AvgIpc) is 3.40. The van der Waals surface area contributed by atoms with Crippen LogP contribution in [-0.4, -0.2) is 55.6 Å². The van der Waals surface area contributed by atoms with Crippen LogP contribution in [0, 0.1) is 0 Å². The number of methoxy groups -OCH3 is 1. The smallest absolute Gasteiger partial charge is 0.332 e. The van der Waals surface area contributed by atoms with Gasteiger partial charge in [0.2, 0.25) is 5.95 Å². The first kappa shape index (κ1) is 24.5. The second kappa shape index (κ2) is 10.3. The number of nitrogens with one attached hydrogen (secondary N) is 1. The molecule has 0 aliphatic heterocycles. The molecule has 0 saturated heterocycles. The van der Waals surface area contributed by atoms with E-state index in [1.165, 1.54) is 11.5 Å². The zero-order valence-corrected chi connectivity index (χ0v) is 20.2. The fourth-order valence-corrected chi connectivity index (χ4v) is 4.50. The molecule has 0 amide bonds. The number of hydrogen-bond acceptors (Lipinski definition) is 8. The van der Waals surface area contributed by atoms with Gasteiger partial charge in [0, 0.05) is 13.5 Å². The first-order chi connectivity index (χ1) is 16.8. The van der Waals surface area contributed by atoms with Crippen LogP contribution in [0.4, 0.5) is 5.95 Å². The van der Waals surface area contributed by atoms with Crippen LogP contribution < -0.4 is 21.3 Å². The fraction of sp³-hybridized carbons (Fsp3) is 0.500. The van der Waals surface area contributed by atoms with Crippen LogP contribution in [0.5, 0.6) is 5.75 Å². The van der Waals surface area contributed by atoms with Crippen molar-refractivity contribution in [3.05, 3.63) is 50.7 Å². The van der Waals surface area contributed by atoms with Gasteiger partial charge < -0.3 is 19.9 Å². The van der Waals surface area contributed by atoms with Crippen LogP contribution in [0.2, 0.25) is 0 Å². The molecule has 1 saturated carbocycles. The molecular weight excluding hydrogens is 454 g/mol. The van der Waals surface area contributed by atoms with E-state index in [1.807, 2.05) is 24.3 Å². The van der Waals surface area contributed by atoms with Crippen LogP contribution in [-0.2, 0) is 29.2 Å². The molecule has 0 unspecified atom stereocenters. The first-order valence-corrected chi connectivity index (χ1v) is 11.8. The molecule has 1 aromatic carbocycles. The summed E-state index contributed by atoms with van der Waals surface area (Å²) in [6.45, 7) is 3.54. The summed E-state index contributed by atoms with van der Waals surface area (Å²) < 4.78 is 14.6. The molecular formula is C24H31N5O6. The Kier molecular flexibility index (Phi) is 7.25. The third-order valence-corrected chi connectivity index (χ3v) is 6.34. The first-order valence-electron chi connectivity index (χ1n) is 11.8. The minimum atomic E-state index is -0.525. The van der Waals surface area contributed by atoms with Crippen molar-refractivity contribution in [2.75, 3.05) is 19.0 Å². The van der Waals surface area contributed by atoms with Gasteiger partial charge in [0.25, 0.3) is 5.56 Å². The predicted octanol–water partition coefficient (Wildman–Crippen LogP) is 1.32. The molecule has 2 heterocycles. The highest BCUT2D eigenvalue weighted by Crippen LogP contribution is 2.25. The van der Waals surface area contributed by atoms with Crippen molar-refractivity contribution in [2.45, 2.75) is 64.9 Å². The lowest BCUT2D eigenvalue weighted by molar-refractivity contribution is -0.141. The van der Waals surface area contributed by atoms with Gasteiger partial charge in [-0.3, -0.25) is 23.3 Å². The zero-order valence-electron chi connectivity index (χ0n) is 20.2. The topological polar surface area (TPSA) is 130 Å². The summed E-state index contributed by atoms with van der Waals surface area (Å²) in [4.78, 5) is 42.5. The molecule has 35 heavy (non-hydrogen) atoms. The standard InChI is InChI=1S/C24H31N5O6/c1-4-27-22(32)20-21(28(24(27)33)12-13-35-15(2)30)26-23(25-18-6-5-7-19(18)31)29(20)14-16-8-10-17(34-3)11-9-16/h8-11,18-19,31H,4-7,12-14H2,1-3H3,(H,25,26)/t18-,19-/m1/s1. The van der Waals surface area contributed by atoms with Gasteiger partial charge in [-0.25, -0.2) is 4.79 Å². The number of nitrogens with zero attached hydrogens (tertiary/aromatic N) is 4. The molecule has 0 radical (unpaired) electrons. The zero-order chi connectivity index (χ0) is 25.1. The van der Waals surface area contributed by atoms with Gasteiger partial charge in [-0.2, -0.15) is 4.98 Å². The van der Waals surface area contributed by atoms with Crippen molar-refractivity contribution in [3.63, 3.8) is 0 Å². The Balaban J connectivity index is 1.88. The largest absolute Gasteiger partial charge is 0.497 e. The molecule has 2 aromatic heterocycles. The van der Waals surface area contributed by atoms with E-state index in [2.05, 4.69) is 10.3 Å². The highest BCUT2D eigenvalue weighted by molar-refractivity contribution is 5.74. The third kappa shape index (κ3) is 4.95. The van der Waals surface area contributed by atoms with Crippen molar-refractivity contribution in [2.24, 2.45) is 0 Å². The van der Waals surface area contributed by atoms with Gasteiger partial charge >= 0.3 is 11.7 Å². The summed E-state index contributed by atoms with van der Waals surface area (Å²) in [5, 5.41) is 13.7. The minimum Gasteiger partial charge on any atom is -0.497 e. The summed E-state index contributed by atoms with van der Waals surface area (Å²) in [6, 6.07) is 7.25. The highest BCUT2D eigenvalue weighted by Gasteiger charge is 2.28. The van der Waals surface area contributed by atoms with E-state index < -0.39 is 23.3 Å². The maximum absolute atomic E-state index is 13.4. The number of benzene rings is 1. The Morgan fingerprint density at radius 2 is 1.91 bits per heavy atom. The number of esters is 1. The summed E-state index contributed by atoms with van der Waals surface area (Å²) in [7, 11) is 1.59. The van der Waals surface area contributed by atoms with E-state index in [9.17, 15) is 19.5 Å². The van der Waals surface area contributed by atoms with Gasteiger partial charge in [0.15, 0.2) is 11.2 Å². The van der Waals surface area contributed by atoms with Crippen LogP contribution in [0.1, 0.15) is 38.7 Å². The second-order valence-corrected chi connectivity index (χ2v) is 8.61. The maximum Gasteiger partial charge on any atom is 0.332 e. The molecule has 0 bridgehead atoms. The molecule has 11 nitrogen and oxygen atoms in total. The van der Waals surface area contributed by atoms with Gasteiger partial charge in [-0.1, -0.05) is 12.1 Å². The van der Waals surface area contributed by atoms with Crippen LogP contribution in [0.15, 0.2) is 33.9 Å². The molecule has 188 valence electrons. The Hall–Kier alpha value is -3.60. The van der Waals surface area contributed by atoms with Gasteiger partial charge in [-0.05, 0) is 43.9 Å². The molecule has 4 rings (SSSR count). The molecule has 0 spiro atoms. The summed E-state index contributed by atoms with van der Waals surface area (Å²) in [6.07, 6.45) is 1.81. The Morgan fingerprint density at radius 1 is 1.17 bits per heavy atom. The van der Waals surface area contributed by atoms with E-state index >= 15 is 0 Å². The van der Waals surface area contributed by atoms with Gasteiger partial charge in [0.1, 0.15) is 12.4 Å². The molecule has 1 fully saturated rings. The number of aliphatic hydroxyl groups excluding tert-OH is 1. The van der Waals surface area contributed by atoms with E-state index in [-0.39, 0.29) is 36.9 Å². The Bertz CT molecular complexity index is 1320. The second-order valence-electron chi connectivity index (χ2n) is 8.61. The number of hydrogen-bond donors (Lipinski definition) is 2. The maximum atomic E-state index is 13.4. The predicted molar refractivity (Wildman–Crippen MR) is 130 cm³/mol. The SMILES string of the molecule is CCn1c(=O)c2c(nc(N[C@@H]3CCC[C@H]3O)n2Cc2ccc(OC)cc2)n(CCOC(C)=O)c1=O. The van der Waals surface area contributed by atoms with Crippen LogP contribution in [0.3, 0.4) is 0 Å². The molecule has 2 atom stereocenters. The monoisotopic (exact) mass is 485 g/mol. The van der Waals surface area contributed by atoms with Crippen molar-refractivity contribution < 1.29 is 19.4 Å². The normalized spacial score (nSPS) is 17.6. The number of fused-ring (bicyclic) bond motifs is 1. The number of rotatable bonds is 9. The lowest BCUT2D eigenvalue weighted by Gasteiger charge is -2.18. The number of carbonyl (C=O) groups excluding carboxylic acids is 1. The van der Waals surface area contributed by atoms with Crippen LogP contribution in [0.25, 0.3) is 11.2 Å². The number of aromatic nitrogens is 4. The summed E-state index contributed by atoms with van der Waals surface area (Å²) in [5.74, 6) is 0.651. The minimum absolute atomic E-state index is 0.0261. The average molecular weight is 486 g/mol. The van der Waals surface area contributed by atoms with E-state index in [4.69, 9.17) is 9.47 Å². The summed E-state index contributed by atoms with van der Waals surface area (Å²) in [5.41, 5.74) is 0.414. The third-order valence-electron chi connectivity index (χ3n) is 6.34. The van der Waals surface area contributed by atoms with Gasteiger partial charge in [0.05, 0.1) is 32.3 Å². The number of anilines is 1. The number of ether oxygens (including phenoxy) is 2. The van der Waals surface area contributed by atoms with E-state index in [0.717, 1.165) is 23.0 Å². The Morgan fingerprint density at radius 3 is 2.51 bits per heavy atom.